The molecule has 0 spiro atoms. The summed E-state index contributed by atoms with van der Waals surface area (Å²) in [6, 6.07) is 55.6. The number of alkyl halides is 6. The van der Waals surface area contributed by atoms with E-state index in [1.165, 1.54) is 112 Å². The second kappa shape index (κ2) is 17.2. The second-order valence-corrected chi connectivity index (χ2v) is 28.4. The van der Waals surface area contributed by atoms with E-state index < -0.39 is 23.5 Å². The molecule has 8 aliphatic carbocycles. The zero-order valence-corrected chi connectivity index (χ0v) is 48.1. The molecular weight excluding hydrogens is 1110 g/mol. The van der Waals surface area contributed by atoms with E-state index in [0.29, 0.717) is 10.8 Å². The van der Waals surface area contributed by atoms with Gasteiger partial charge in [0.15, 0.2) is 0 Å². The molecule has 434 valence electrons. The highest BCUT2D eigenvalue weighted by atomic mass is 19.4. The van der Waals surface area contributed by atoms with Crippen LogP contribution in [0.2, 0.25) is 0 Å². The minimum absolute atomic E-state index is 0.153. The molecule has 8 bridgehead atoms. The van der Waals surface area contributed by atoms with Crippen LogP contribution in [0, 0.1) is 35.5 Å². The lowest BCUT2D eigenvalue weighted by Gasteiger charge is -2.57. The summed E-state index contributed by atoms with van der Waals surface area (Å²) in [5.74, 6) is 4.66. The molecule has 0 saturated heterocycles. The number of hydrogen-bond acceptors (Lipinski definition) is 2. The fourth-order valence-corrected chi connectivity index (χ4v) is 20.2. The van der Waals surface area contributed by atoms with Crippen molar-refractivity contribution in [1.29, 1.82) is 0 Å². The number of fused-ring (bicyclic) bond motifs is 14. The number of rotatable bonds is 5. The highest BCUT2D eigenvalue weighted by molar-refractivity contribution is 6.16. The van der Waals surface area contributed by atoms with Crippen molar-refractivity contribution in [3.05, 3.63) is 192 Å². The van der Waals surface area contributed by atoms with E-state index >= 15 is 0 Å². The molecule has 4 aromatic heterocycles. The Hall–Kier alpha value is -8.50. The lowest BCUT2D eigenvalue weighted by Crippen LogP contribution is -2.48. The Morgan fingerprint density at radius 3 is 1.08 bits per heavy atom. The van der Waals surface area contributed by atoms with E-state index in [4.69, 9.17) is 8.83 Å². The van der Waals surface area contributed by atoms with Gasteiger partial charge in [0.1, 0.15) is 22.3 Å². The Labute approximate surface area is 501 Å². The molecule has 14 aromatic rings. The van der Waals surface area contributed by atoms with Gasteiger partial charge in [0, 0.05) is 66.6 Å². The van der Waals surface area contributed by atoms with Crippen molar-refractivity contribution >= 4 is 109 Å². The number of benzene rings is 10. The zero-order chi connectivity index (χ0) is 58.5. The van der Waals surface area contributed by atoms with Gasteiger partial charge in [-0.15, -0.1) is 0 Å². The Morgan fingerprint density at radius 1 is 0.307 bits per heavy atom. The molecule has 10 heteroatoms. The first-order chi connectivity index (χ1) is 42.6. The summed E-state index contributed by atoms with van der Waals surface area (Å²) >= 11 is 0. The van der Waals surface area contributed by atoms with Crippen LogP contribution >= 0.6 is 0 Å². The Bertz CT molecular complexity index is 5010. The summed E-state index contributed by atoms with van der Waals surface area (Å²) in [5.41, 5.74) is 12.6. The molecule has 0 aliphatic heterocycles. The lowest BCUT2D eigenvalue weighted by atomic mass is 9.48. The van der Waals surface area contributed by atoms with Crippen molar-refractivity contribution in [3.63, 3.8) is 0 Å². The zero-order valence-electron chi connectivity index (χ0n) is 48.1. The van der Waals surface area contributed by atoms with Crippen LogP contribution < -0.4 is 0 Å². The SMILES string of the molecule is FC(F)(F)c1ccc2cc3c(cc2c1)c1cc(C24CC5CC(CC(C5)C2)C4)ccc1n3-c1ccc2c(c1)oc1ccc(-c3ccc4oc5cc(-n6c7ccc(C89CC%10CC(CC(C%10)C8)C9)cc7c7cc8cc(C(F)(F)F)ccc8cc76)ccc5c4c3)cc12. The summed E-state index contributed by atoms with van der Waals surface area (Å²) in [4.78, 5) is 0. The van der Waals surface area contributed by atoms with Gasteiger partial charge in [0.25, 0.3) is 0 Å². The minimum Gasteiger partial charge on any atom is -0.456 e. The summed E-state index contributed by atoms with van der Waals surface area (Å²) < 4.78 is 103. The summed E-state index contributed by atoms with van der Waals surface area (Å²) in [6.07, 6.45) is 6.52. The van der Waals surface area contributed by atoms with Crippen molar-refractivity contribution in [2.45, 2.75) is 100 Å². The average molecular weight is 1170 g/mol. The maximum absolute atomic E-state index is 14.1. The van der Waals surface area contributed by atoms with E-state index in [2.05, 4.69) is 118 Å². The molecule has 0 amide bonds. The molecule has 0 unspecified atom stereocenters. The van der Waals surface area contributed by atoms with Crippen molar-refractivity contribution in [2.24, 2.45) is 35.5 Å². The fourth-order valence-electron chi connectivity index (χ4n) is 20.2. The Kier molecular flexibility index (Phi) is 9.88. The van der Waals surface area contributed by atoms with Crippen molar-refractivity contribution in [1.82, 2.24) is 9.13 Å². The third kappa shape index (κ3) is 7.29. The lowest BCUT2D eigenvalue weighted by molar-refractivity contribution is -0.138. The number of furan rings is 2. The topological polar surface area (TPSA) is 36.1 Å². The van der Waals surface area contributed by atoms with E-state index in [9.17, 15) is 26.3 Å². The molecule has 8 saturated carbocycles. The molecule has 0 N–H and O–H groups in total. The van der Waals surface area contributed by atoms with Crippen molar-refractivity contribution < 1.29 is 35.2 Å². The molecule has 8 fully saturated rings. The predicted molar refractivity (Wildman–Crippen MR) is 340 cm³/mol. The largest absolute Gasteiger partial charge is 0.456 e. The first-order valence-electron chi connectivity index (χ1n) is 31.7. The number of halogens is 6. The van der Waals surface area contributed by atoms with Crippen LogP contribution in [0.25, 0.3) is 132 Å². The Morgan fingerprint density at radius 2 is 0.693 bits per heavy atom. The van der Waals surface area contributed by atoms with Gasteiger partial charge in [0.2, 0.25) is 0 Å². The van der Waals surface area contributed by atoms with Crippen molar-refractivity contribution in [3.8, 4) is 22.5 Å². The predicted octanol–water partition coefficient (Wildman–Crippen LogP) is 22.6. The molecule has 88 heavy (non-hydrogen) atoms. The maximum Gasteiger partial charge on any atom is 0.416 e. The van der Waals surface area contributed by atoms with Crippen LogP contribution in [-0.2, 0) is 23.2 Å². The van der Waals surface area contributed by atoms with Crippen LogP contribution in [0.5, 0.6) is 0 Å². The third-order valence-electron chi connectivity index (χ3n) is 23.2. The average Bonchev–Trinajstić information content (AvgIpc) is 1.43. The molecular formula is C78H58F6N2O2. The van der Waals surface area contributed by atoms with Crippen LogP contribution in [0.15, 0.2) is 179 Å². The smallest absolute Gasteiger partial charge is 0.416 e. The first-order valence-corrected chi connectivity index (χ1v) is 31.7. The normalized spacial score (nSPS) is 25.2. The molecule has 4 heterocycles. The monoisotopic (exact) mass is 1170 g/mol. The van der Waals surface area contributed by atoms with Gasteiger partial charge < -0.3 is 18.0 Å². The molecule has 10 aromatic carbocycles. The standard InChI is InChI=1S/C78H58F6N2O2/c79-77(80,81)55-5-1-49-29-69-61(27-51(49)23-55)63-31-53(75-35-41-17-42(36-75)19-43(18-41)37-75)7-13-67(63)85(69)57-9-11-59-65-25-47(3-15-71(65)87-73(59)33-57)48-4-16-72-66(26-48)60-12-10-58(34-74(60)88-72)86-68-14-8-54(76-38-44-20-45(39-76)22-46(21-44)40-76)32-64(68)62-28-52-24-56(78(82,83)84)6-2-50(52)30-70(62)86/h1-16,23-34,41-46H,17-22,35-40H2. The number of nitrogens with zero attached hydrogens (tertiary/aromatic N) is 2. The molecule has 4 nitrogen and oxygen atoms in total. The third-order valence-corrected chi connectivity index (χ3v) is 23.2. The van der Waals surface area contributed by atoms with Gasteiger partial charge in [-0.2, -0.15) is 26.3 Å². The van der Waals surface area contributed by atoms with E-state index in [1.54, 1.807) is 12.1 Å². The van der Waals surface area contributed by atoms with Gasteiger partial charge in [-0.3, -0.25) is 0 Å². The molecule has 0 radical (unpaired) electrons. The van der Waals surface area contributed by atoms with Gasteiger partial charge in [0.05, 0.1) is 33.2 Å². The van der Waals surface area contributed by atoms with Gasteiger partial charge in [-0.1, -0.05) is 36.4 Å². The molecule has 0 atom stereocenters. The van der Waals surface area contributed by atoms with Gasteiger partial charge in [-0.05, 0) is 289 Å². The summed E-state index contributed by atoms with van der Waals surface area (Å²) in [5, 5.41) is 10.6. The highest BCUT2D eigenvalue weighted by Gasteiger charge is 2.53. The molecule has 8 aliphatic rings. The van der Waals surface area contributed by atoms with Crippen LogP contribution in [0.1, 0.15) is 99.3 Å². The first kappa shape index (κ1) is 50.5. The van der Waals surface area contributed by atoms with Crippen LogP contribution in [0.4, 0.5) is 26.3 Å². The van der Waals surface area contributed by atoms with E-state index in [0.717, 1.165) is 156 Å². The van der Waals surface area contributed by atoms with Gasteiger partial charge in [-0.25, -0.2) is 0 Å². The van der Waals surface area contributed by atoms with Crippen LogP contribution in [0.3, 0.4) is 0 Å². The van der Waals surface area contributed by atoms with Gasteiger partial charge >= 0.3 is 12.4 Å². The Balaban J connectivity index is 0.674. The second-order valence-electron chi connectivity index (χ2n) is 28.4. The highest BCUT2D eigenvalue weighted by Crippen LogP contribution is 2.63. The van der Waals surface area contributed by atoms with E-state index in [1.807, 2.05) is 24.3 Å². The van der Waals surface area contributed by atoms with Crippen LogP contribution in [-0.4, -0.2) is 9.13 Å². The van der Waals surface area contributed by atoms with E-state index in [-0.39, 0.29) is 10.8 Å². The molecule has 22 rings (SSSR count). The maximum atomic E-state index is 14.1. The fraction of sp³-hybridized carbons (Fsp3) is 0.282. The number of aromatic nitrogens is 2. The quantitative estimate of drug-likeness (QED) is 0.161. The summed E-state index contributed by atoms with van der Waals surface area (Å²) in [6.45, 7) is 0. The van der Waals surface area contributed by atoms with Crippen molar-refractivity contribution in [2.75, 3.05) is 0 Å². The minimum atomic E-state index is -4.45. The number of hydrogen-bond donors (Lipinski definition) is 0. The summed E-state index contributed by atoms with van der Waals surface area (Å²) in [7, 11) is 0.